The van der Waals surface area contributed by atoms with E-state index in [0.717, 1.165) is 12.8 Å². The summed E-state index contributed by atoms with van der Waals surface area (Å²) in [5, 5.41) is 19.6. The molecule has 3 nitrogen and oxygen atoms in total. The summed E-state index contributed by atoms with van der Waals surface area (Å²) < 4.78 is 5.34. The normalized spacial score (nSPS) is 35.3. The zero-order chi connectivity index (χ0) is 9.90. The number of rotatable bonds is 3. The lowest BCUT2D eigenvalue weighted by Crippen LogP contribution is -2.49. The van der Waals surface area contributed by atoms with Gasteiger partial charge >= 0.3 is 0 Å². The van der Waals surface area contributed by atoms with Crippen LogP contribution in [-0.4, -0.2) is 34.6 Å². The summed E-state index contributed by atoms with van der Waals surface area (Å²) in [4.78, 5) is 0. The van der Waals surface area contributed by atoms with Crippen molar-refractivity contribution in [2.45, 2.75) is 57.3 Å². The van der Waals surface area contributed by atoms with E-state index >= 15 is 0 Å². The van der Waals surface area contributed by atoms with Crippen molar-refractivity contribution in [1.29, 1.82) is 0 Å². The molecule has 1 rings (SSSR count). The maximum absolute atomic E-state index is 10.0. The standard InChI is InChI=1S/C10H20O3/c1-8(2)13-7-10(12)6-4-3-5-9(10)11/h8-9,11-12H,3-7H2,1-2H3. The molecule has 1 fully saturated rings. The van der Waals surface area contributed by atoms with Crippen LogP contribution in [0, 0.1) is 0 Å². The van der Waals surface area contributed by atoms with Crippen LogP contribution in [0.5, 0.6) is 0 Å². The zero-order valence-corrected chi connectivity index (χ0v) is 8.49. The lowest BCUT2D eigenvalue weighted by atomic mass is 9.83. The molecule has 0 aromatic heterocycles. The molecule has 3 heteroatoms. The van der Waals surface area contributed by atoms with Gasteiger partial charge in [0.25, 0.3) is 0 Å². The van der Waals surface area contributed by atoms with E-state index in [1.54, 1.807) is 0 Å². The van der Waals surface area contributed by atoms with Crippen LogP contribution in [0.15, 0.2) is 0 Å². The number of aliphatic hydroxyl groups is 2. The van der Waals surface area contributed by atoms with Gasteiger partial charge < -0.3 is 14.9 Å². The second-order valence-electron chi connectivity index (χ2n) is 4.22. The van der Waals surface area contributed by atoms with Crippen LogP contribution >= 0.6 is 0 Å². The molecule has 0 amide bonds. The van der Waals surface area contributed by atoms with Gasteiger partial charge in [-0.3, -0.25) is 0 Å². The molecule has 2 N–H and O–H groups in total. The van der Waals surface area contributed by atoms with E-state index in [0.29, 0.717) is 12.8 Å². The highest BCUT2D eigenvalue weighted by atomic mass is 16.5. The molecule has 0 bridgehead atoms. The summed E-state index contributed by atoms with van der Waals surface area (Å²) in [6, 6.07) is 0. The van der Waals surface area contributed by atoms with Gasteiger partial charge in [-0.05, 0) is 26.7 Å². The van der Waals surface area contributed by atoms with Crippen LogP contribution in [0.1, 0.15) is 39.5 Å². The largest absolute Gasteiger partial charge is 0.390 e. The molecule has 1 aliphatic carbocycles. The molecule has 78 valence electrons. The van der Waals surface area contributed by atoms with Crippen LogP contribution in [0.25, 0.3) is 0 Å². The van der Waals surface area contributed by atoms with E-state index in [1.165, 1.54) is 0 Å². The highest BCUT2D eigenvalue weighted by Gasteiger charge is 2.38. The summed E-state index contributed by atoms with van der Waals surface area (Å²) >= 11 is 0. The molecule has 0 heterocycles. The zero-order valence-electron chi connectivity index (χ0n) is 8.49. The van der Waals surface area contributed by atoms with Crippen molar-refractivity contribution < 1.29 is 14.9 Å². The molecular formula is C10H20O3. The molecule has 0 saturated heterocycles. The average molecular weight is 188 g/mol. The molecule has 1 aliphatic rings. The van der Waals surface area contributed by atoms with Crippen molar-refractivity contribution in [3.05, 3.63) is 0 Å². The Kier molecular flexibility index (Phi) is 3.71. The molecular weight excluding hydrogens is 168 g/mol. The molecule has 0 radical (unpaired) electrons. The second kappa shape index (κ2) is 4.40. The minimum Gasteiger partial charge on any atom is -0.390 e. The Morgan fingerprint density at radius 1 is 1.46 bits per heavy atom. The third-order valence-electron chi connectivity index (χ3n) is 2.62. The van der Waals surface area contributed by atoms with Crippen molar-refractivity contribution in [2.24, 2.45) is 0 Å². The fraction of sp³-hybridized carbons (Fsp3) is 1.00. The molecule has 2 unspecified atom stereocenters. The summed E-state index contributed by atoms with van der Waals surface area (Å²) in [5.74, 6) is 0. The predicted molar refractivity (Wildman–Crippen MR) is 50.5 cm³/mol. The maximum Gasteiger partial charge on any atom is 0.114 e. The summed E-state index contributed by atoms with van der Waals surface area (Å²) in [5.41, 5.74) is -0.997. The first-order chi connectivity index (χ1) is 6.04. The minimum atomic E-state index is -0.997. The third-order valence-corrected chi connectivity index (χ3v) is 2.62. The number of ether oxygens (including phenoxy) is 1. The third kappa shape index (κ3) is 2.93. The van der Waals surface area contributed by atoms with Gasteiger partial charge in [-0.25, -0.2) is 0 Å². The fourth-order valence-corrected chi connectivity index (χ4v) is 1.68. The summed E-state index contributed by atoms with van der Waals surface area (Å²) in [6.07, 6.45) is 2.83. The van der Waals surface area contributed by atoms with E-state index in [2.05, 4.69) is 0 Å². The summed E-state index contributed by atoms with van der Waals surface area (Å²) in [7, 11) is 0. The van der Waals surface area contributed by atoms with Crippen LogP contribution in [0.2, 0.25) is 0 Å². The number of hydrogen-bond acceptors (Lipinski definition) is 3. The van der Waals surface area contributed by atoms with Crippen molar-refractivity contribution in [2.75, 3.05) is 6.61 Å². The Bertz CT molecular complexity index is 158. The van der Waals surface area contributed by atoms with Gasteiger partial charge in [0.05, 0.1) is 18.8 Å². The van der Waals surface area contributed by atoms with Gasteiger partial charge in [-0.1, -0.05) is 12.8 Å². The van der Waals surface area contributed by atoms with Gasteiger partial charge in [0.1, 0.15) is 5.60 Å². The van der Waals surface area contributed by atoms with E-state index in [9.17, 15) is 10.2 Å². The van der Waals surface area contributed by atoms with Crippen molar-refractivity contribution in [3.8, 4) is 0 Å². The van der Waals surface area contributed by atoms with Crippen LogP contribution in [0.4, 0.5) is 0 Å². The Morgan fingerprint density at radius 3 is 2.69 bits per heavy atom. The molecule has 2 atom stereocenters. The first-order valence-electron chi connectivity index (χ1n) is 5.06. The molecule has 0 aromatic carbocycles. The van der Waals surface area contributed by atoms with E-state index in [4.69, 9.17) is 4.74 Å². The molecule has 13 heavy (non-hydrogen) atoms. The molecule has 1 saturated carbocycles. The van der Waals surface area contributed by atoms with Crippen molar-refractivity contribution in [1.82, 2.24) is 0 Å². The van der Waals surface area contributed by atoms with E-state index in [1.807, 2.05) is 13.8 Å². The molecule has 0 spiro atoms. The van der Waals surface area contributed by atoms with Crippen LogP contribution in [0.3, 0.4) is 0 Å². The number of aliphatic hydroxyl groups excluding tert-OH is 1. The van der Waals surface area contributed by atoms with E-state index < -0.39 is 11.7 Å². The molecule has 0 aromatic rings. The fourth-order valence-electron chi connectivity index (χ4n) is 1.68. The van der Waals surface area contributed by atoms with Gasteiger partial charge in [0, 0.05) is 0 Å². The van der Waals surface area contributed by atoms with Crippen molar-refractivity contribution >= 4 is 0 Å². The SMILES string of the molecule is CC(C)OCC1(O)CCCCC1O. The first kappa shape index (κ1) is 11.0. The second-order valence-corrected chi connectivity index (χ2v) is 4.22. The monoisotopic (exact) mass is 188 g/mol. The maximum atomic E-state index is 10.0. The van der Waals surface area contributed by atoms with Crippen LogP contribution < -0.4 is 0 Å². The lowest BCUT2D eigenvalue weighted by Gasteiger charge is -2.36. The Labute approximate surface area is 79.7 Å². The Balaban J connectivity index is 2.42. The highest BCUT2D eigenvalue weighted by molar-refractivity contribution is 4.89. The average Bonchev–Trinajstić information content (AvgIpc) is 2.07. The van der Waals surface area contributed by atoms with Crippen molar-refractivity contribution in [3.63, 3.8) is 0 Å². The van der Waals surface area contributed by atoms with Gasteiger partial charge in [0.15, 0.2) is 0 Å². The quantitative estimate of drug-likeness (QED) is 0.696. The smallest absolute Gasteiger partial charge is 0.114 e. The van der Waals surface area contributed by atoms with E-state index in [-0.39, 0.29) is 12.7 Å². The Morgan fingerprint density at radius 2 is 2.15 bits per heavy atom. The highest BCUT2D eigenvalue weighted by Crippen LogP contribution is 2.28. The topological polar surface area (TPSA) is 49.7 Å². The number of hydrogen-bond donors (Lipinski definition) is 2. The molecule has 0 aliphatic heterocycles. The summed E-state index contributed by atoms with van der Waals surface area (Å²) in [6.45, 7) is 4.11. The van der Waals surface area contributed by atoms with Gasteiger partial charge in [-0.2, -0.15) is 0 Å². The van der Waals surface area contributed by atoms with Gasteiger partial charge in [0.2, 0.25) is 0 Å². The predicted octanol–water partition coefficient (Wildman–Crippen LogP) is 1.08. The lowest BCUT2D eigenvalue weighted by molar-refractivity contribution is -0.147. The Hall–Kier alpha value is -0.120. The minimum absolute atomic E-state index is 0.109. The van der Waals surface area contributed by atoms with Crippen LogP contribution in [-0.2, 0) is 4.74 Å². The first-order valence-corrected chi connectivity index (χ1v) is 5.06. The van der Waals surface area contributed by atoms with Gasteiger partial charge in [-0.15, -0.1) is 0 Å².